The van der Waals surface area contributed by atoms with Gasteiger partial charge >= 0.3 is 0 Å². The first-order valence-corrected chi connectivity index (χ1v) is 4.70. The maximum absolute atomic E-state index is 4.26. The molecule has 1 saturated heterocycles. The van der Waals surface area contributed by atoms with Crippen molar-refractivity contribution in [1.29, 1.82) is 0 Å². The Hall–Kier alpha value is -0.930. The van der Waals surface area contributed by atoms with Crippen LogP contribution in [0.1, 0.15) is 5.69 Å². The minimum atomic E-state index is 0.933. The molecule has 13 heavy (non-hydrogen) atoms. The summed E-state index contributed by atoms with van der Waals surface area (Å²) < 4.78 is 0. The van der Waals surface area contributed by atoms with Gasteiger partial charge in [0, 0.05) is 45.0 Å². The first kappa shape index (κ1) is 8.66. The average Bonchev–Trinajstić information content (AvgIpc) is 2.21. The number of nitrogens with zero attached hydrogens (tertiary/aromatic N) is 2. The lowest BCUT2D eigenvalue weighted by Gasteiger charge is -2.26. The quantitative estimate of drug-likeness (QED) is 0.702. The molecule has 0 aromatic carbocycles. The Morgan fingerprint density at radius 2 is 2.31 bits per heavy atom. The Morgan fingerprint density at radius 1 is 1.46 bits per heavy atom. The van der Waals surface area contributed by atoms with E-state index in [1.54, 1.807) is 0 Å². The first-order chi connectivity index (χ1) is 6.45. The summed E-state index contributed by atoms with van der Waals surface area (Å²) >= 11 is 0. The van der Waals surface area contributed by atoms with Crippen molar-refractivity contribution >= 4 is 0 Å². The van der Waals surface area contributed by atoms with Crippen LogP contribution in [0, 0.1) is 6.07 Å². The smallest absolute Gasteiger partial charge is 0.0622 e. The van der Waals surface area contributed by atoms with Crippen molar-refractivity contribution in [3.05, 3.63) is 30.1 Å². The highest BCUT2D eigenvalue weighted by molar-refractivity contribution is 5.01. The molecule has 0 atom stereocenters. The number of hydrogen-bond acceptors (Lipinski definition) is 3. The van der Waals surface area contributed by atoms with E-state index >= 15 is 0 Å². The zero-order valence-corrected chi connectivity index (χ0v) is 7.66. The monoisotopic (exact) mass is 176 g/mol. The second kappa shape index (κ2) is 4.35. The summed E-state index contributed by atoms with van der Waals surface area (Å²) in [5.74, 6) is 0. The molecular weight excluding hydrogens is 162 g/mol. The van der Waals surface area contributed by atoms with E-state index in [-0.39, 0.29) is 0 Å². The molecule has 0 spiro atoms. The summed E-state index contributed by atoms with van der Waals surface area (Å²) in [5, 5.41) is 3.33. The number of hydrogen-bond donors (Lipinski definition) is 1. The number of nitrogens with one attached hydrogen (secondary N) is 1. The van der Waals surface area contributed by atoms with Crippen LogP contribution >= 0.6 is 0 Å². The van der Waals surface area contributed by atoms with Gasteiger partial charge in [0.2, 0.25) is 0 Å². The number of rotatable bonds is 2. The van der Waals surface area contributed by atoms with Crippen LogP contribution in [-0.4, -0.2) is 36.1 Å². The van der Waals surface area contributed by atoms with Gasteiger partial charge in [0.05, 0.1) is 5.69 Å². The predicted octanol–water partition coefficient (Wildman–Crippen LogP) is 0.287. The topological polar surface area (TPSA) is 28.2 Å². The van der Waals surface area contributed by atoms with E-state index in [1.807, 2.05) is 18.3 Å². The minimum absolute atomic E-state index is 0.933. The molecule has 0 bridgehead atoms. The molecule has 2 heterocycles. The zero-order valence-electron chi connectivity index (χ0n) is 7.66. The number of piperazine rings is 1. The van der Waals surface area contributed by atoms with E-state index in [1.165, 1.54) is 0 Å². The zero-order chi connectivity index (χ0) is 8.93. The van der Waals surface area contributed by atoms with E-state index in [4.69, 9.17) is 0 Å². The summed E-state index contributed by atoms with van der Waals surface area (Å²) in [6.45, 7) is 5.34. The van der Waals surface area contributed by atoms with Gasteiger partial charge in [-0.3, -0.25) is 9.88 Å². The Morgan fingerprint density at radius 3 is 3.00 bits per heavy atom. The van der Waals surface area contributed by atoms with Gasteiger partial charge in [-0.2, -0.15) is 0 Å². The Kier molecular flexibility index (Phi) is 2.90. The third-order valence-corrected chi connectivity index (χ3v) is 2.25. The van der Waals surface area contributed by atoms with Crippen molar-refractivity contribution in [2.24, 2.45) is 0 Å². The van der Waals surface area contributed by atoms with Crippen molar-refractivity contribution in [2.75, 3.05) is 26.2 Å². The van der Waals surface area contributed by atoms with Crippen LogP contribution in [-0.2, 0) is 6.54 Å². The molecule has 1 aliphatic rings. The summed E-state index contributed by atoms with van der Waals surface area (Å²) in [6, 6.07) is 6.97. The van der Waals surface area contributed by atoms with Crippen LogP contribution < -0.4 is 5.32 Å². The lowest BCUT2D eigenvalue weighted by molar-refractivity contribution is 0.230. The standard InChI is InChI=1S/C10H14N3/c1-2-4-12-10(3-1)9-13-7-5-11-6-8-13/h1-2,4,11H,5-9H2. The Labute approximate surface area is 78.8 Å². The molecule has 1 N–H and O–H groups in total. The number of pyridine rings is 1. The largest absolute Gasteiger partial charge is 0.314 e. The van der Waals surface area contributed by atoms with Crippen LogP contribution in [0.15, 0.2) is 18.3 Å². The van der Waals surface area contributed by atoms with Crippen LogP contribution in [0.3, 0.4) is 0 Å². The highest BCUT2D eigenvalue weighted by Gasteiger charge is 2.09. The molecule has 1 aromatic rings. The molecule has 3 heteroatoms. The normalized spacial score (nSPS) is 18.8. The fourth-order valence-corrected chi connectivity index (χ4v) is 1.53. The fourth-order valence-electron chi connectivity index (χ4n) is 1.53. The molecule has 1 aromatic heterocycles. The third kappa shape index (κ3) is 2.50. The van der Waals surface area contributed by atoms with Gasteiger partial charge in [0.15, 0.2) is 0 Å². The summed E-state index contributed by atoms with van der Waals surface area (Å²) in [7, 11) is 0. The van der Waals surface area contributed by atoms with Crippen molar-refractivity contribution in [3.63, 3.8) is 0 Å². The molecule has 1 aliphatic heterocycles. The van der Waals surface area contributed by atoms with Gasteiger partial charge in [-0.15, -0.1) is 0 Å². The van der Waals surface area contributed by atoms with Crippen molar-refractivity contribution in [1.82, 2.24) is 15.2 Å². The van der Waals surface area contributed by atoms with Gasteiger partial charge in [0.1, 0.15) is 0 Å². The molecule has 1 radical (unpaired) electrons. The molecular formula is C10H14N3. The SMILES string of the molecule is [c]1cccnc1CN1CCNCC1. The first-order valence-electron chi connectivity index (χ1n) is 4.70. The van der Waals surface area contributed by atoms with Crippen molar-refractivity contribution < 1.29 is 0 Å². The molecule has 69 valence electrons. The highest BCUT2D eigenvalue weighted by Crippen LogP contribution is 2.00. The Bertz CT molecular complexity index is 242. The molecule has 0 saturated carbocycles. The molecule has 0 unspecified atom stereocenters. The van der Waals surface area contributed by atoms with E-state index < -0.39 is 0 Å². The summed E-state index contributed by atoms with van der Waals surface area (Å²) in [4.78, 5) is 6.65. The molecule has 2 rings (SSSR count). The maximum atomic E-state index is 4.26. The maximum Gasteiger partial charge on any atom is 0.0622 e. The summed E-state index contributed by atoms with van der Waals surface area (Å²) in [5.41, 5.74) is 1.05. The van der Waals surface area contributed by atoms with Gasteiger partial charge < -0.3 is 5.32 Å². The molecule has 0 amide bonds. The van der Waals surface area contributed by atoms with Gasteiger partial charge in [-0.1, -0.05) is 6.07 Å². The summed E-state index contributed by atoms with van der Waals surface area (Å²) in [6.07, 6.45) is 1.83. The average molecular weight is 176 g/mol. The second-order valence-corrected chi connectivity index (χ2v) is 3.25. The molecule has 0 aliphatic carbocycles. The van der Waals surface area contributed by atoms with E-state index in [9.17, 15) is 0 Å². The van der Waals surface area contributed by atoms with E-state index in [0.717, 1.165) is 38.4 Å². The van der Waals surface area contributed by atoms with Gasteiger partial charge in [-0.25, -0.2) is 0 Å². The minimum Gasteiger partial charge on any atom is -0.314 e. The van der Waals surface area contributed by atoms with E-state index in [0.29, 0.717) is 0 Å². The number of aromatic nitrogens is 1. The van der Waals surface area contributed by atoms with Crippen LogP contribution in [0.2, 0.25) is 0 Å². The van der Waals surface area contributed by atoms with Gasteiger partial charge in [0.25, 0.3) is 0 Å². The molecule has 1 fully saturated rings. The van der Waals surface area contributed by atoms with Crippen LogP contribution in [0.4, 0.5) is 0 Å². The van der Waals surface area contributed by atoms with E-state index in [2.05, 4.69) is 21.3 Å². The van der Waals surface area contributed by atoms with Crippen LogP contribution in [0.25, 0.3) is 0 Å². The predicted molar refractivity (Wildman–Crippen MR) is 51.2 cm³/mol. The fraction of sp³-hybridized carbons (Fsp3) is 0.500. The lowest BCUT2D eigenvalue weighted by atomic mass is 10.3. The second-order valence-electron chi connectivity index (χ2n) is 3.25. The third-order valence-electron chi connectivity index (χ3n) is 2.25. The van der Waals surface area contributed by atoms with Crippen molar-refractivity contribution in [3.8, 4) is 0 Å². The van der Waals surface area contributed by atoms with Crippen LogP contribution in [0.5, 0.6) is 0 Å². The highest BCUT2D eigenvalue weighted by atomic mass is 15.2. The Balaban J connectivity index is 1.90. The molecule has 3 nitrogen and oxygen atoms in total. The van der Waals surface area contributed by atoms with Gasteiger partial charge in [-0.05, 0) is 6.07 Å². The van der Waals surface area contributed by atoms with Crippen molar-refractivity contribution in [2.45, 2.75) is 6.54 Å². The lowest BCUT2D eigenvalue weighted by Crippen LogP contribution is -2.43.